The van der Waals surface area contributed by atoms with E-state index in [0.29, 0.717) is 23.5 Å². The van der Waals surface area contributed by atoms with Crippen molar-refractivity contribution < 1.29 is 23.1 Å². The number of ketones is 1. The largest absolute Gasteiger partial charge is 0.494 e. The van der Waals surface area contributed by atoms with Crippen molar-refractivity contribution in [2.45, 2.75) is 39.2 Å². The highest BCUT2D eigenvalue weighted by molar-refractivity contribution is 5.98. The molecule has 0 N–H and O–H groups in total. The van der Waals surface area contributed by atoms with E-state index in [-0.39, 0.29) is 24.5 Å². The number of hydrogen-bond donors (Lipinski definition) is 0. The number of hydrogen-bond acceptors (Lipinski definition) is 3. The molecule has 0 saturated heterocycles. The number of rotatable bonds is 9. The van der Waals surface area contributed by atoms with Gasteiger partial charge in [-0.05, 0) is 55.3 Å². The van der Waals surface area contributed by atoms with E-state index < -0.39 is 17.7 Å². The molecule has 0 fully saturated rings. The summed E-state index contributed by atoms with van der Waals surface area (Å²) in [5.41, 5.74) is 1.01. The summed E-state index contributed by atoms with van der Waals surface area (Å²) in [6, 6.07) is 9.97. The molecule has 2 aromatic rings. The van der Waals surface area contributed by atoms with E-state index in [1.165, 1.54) is 11.0 Å². The minimum absolute atomic E-state index is 0.0391. The van der Waals surface area contributed by atoms with Crippen LogP contribution in [0.25, 0.3) is 0 Å². The van der Waals surface area contributed by atoms with Crippen LogP contribution in [0, 0.1) is 11.6 Å². The van der Waals surface area contributed by atoms with Crippen molar-refractivity contribution in [2.24, 2.45) is 0 Å². The summed E-state index contributed by atoms with van der Waals surface area (Å²) in [5, 5.41) is 0. The molecule has 2 rings (SSSR count). The van der Waals surface area contributed by atoms with Gasteiger partial charge in [-0.15, -0.1) is 0 Å². The second-order valence-corrected chi connectivity index (χ2v) is 6.65. The zero-order chi connectivity index (χ0) is 20.7. The van der Waals surface area contributed by atoms with Gasteiger partial charge in [-0.25, -0.2) is 8.78 Å². The Labute approximate surface area is 164 Å². The van der Waals surface area contributed by atoms with Gasteiger partial charge in [-0.1, -0.05) is 13.0 Å². The van der Waals surface area contributed by atoms with E-state index in [4.69, 9.17) is 4.74 Å². The number of nitrogens with zero attached hydrogens (tertiary/aromatic N) is 1. The van der Waals surface area contributed by atoms with E-state index in [1.807, 2.05) is 6.92 Å². The Kier molecular flexibility index (Phi) is 7.67. The smallest absolute Gasteiger partial charge is 0.223 e. The van der Waals surface area contributed by atoms with Gasteiger partial charge in [0.05, 0.1) is 12.6 Å². The highest BCUT2D eigenvalue weighted by atomic mass is 19.2. The highest BCUT2D eigenvalue weighted by Crippen LogP contribution is 2.22. The summed E-state index contributed by atoms with van der Waals surface area (Å²) in [6.07, 6.45) is 1.01. The first-order valence-electron chi connectivity index (χ1n) is 9.30. The number of benzene rings is 2. The van der Waals surface area contributed by atoms with E-state index in [0.717, 1.165) is 18.6 Å². The lowest BCUT2D eigenvalue weighted by atomic mass is 10.0. The van der Waals surface area contributed by atoms with Crippen LogP contribution < -0.4 is 4.74 Å². The first-order valence-corrected chi connectivity index (χ1v) is 9.30. The molecule has 0 spiro atoms. The van der Waals surface area contributed by atoms with E-state index in [2.05, 4.69) is 0 Å². The molecular weight excluding hydrogens is 364 g/mol. The highest BCUT2D eigenvalue weighted by Gasteiger charge is 2.19. The normalized spacial score (nSPS) is 11.8. The van der Waals surface area contributed by atoms with Crippen molar-refractivity contribution in [2.75, 3.05) is 13.7 Å². The SMILES string of the molecule is CCCOc1ccc(C(=O)CCC(=O)N(C)C(C)c2ccc(F)c(F)c2)cc1. The Bertz CT molecular complexity index is 821. The summed E-state index contributed by atoms with van der Waals surface area (Å²) in [5.74, 6) is -1.55. The average Bonchev–Trinajstić information content (AvgIpc) is 2.71. The molecule has 1 atom stereocenters. The number of carbonyl (C=O) groups is 2. The maximum Gasteiger partial charge on any atom is 0.223 e. The fourth-order valence-electron chi connectivity index (χ4n) is 2.71. The summed E-state index contributed by atoms with van der Waals surface area (Å²) in [7, 11) is 1.58. The fourth-order valence-corrected chi connectivity index (χ4v) is 2.71. The molecule has 0 aliphatic heterocycles. The van der Waals surface area contributed by atoms with Crippen molar-refractivity contribution in [3.05, 3.63) is 65.2 Å². The minimum Gasteiger partial charge on any atom is -0.494 e. The summed E-state index contributed by atoms with van der Waals surface area (Å²) >= 11 is 0. The summed E-state index contributed by atoms with van der Waals surface area (Å²) in [4.78, 5) is 26.2. The van der Waals surface area contributed by atoms with E-state index >= 15 is 0 Å². The number of Topliss-reactive ketones (excluding diaryl/α,β-unsaturated/α-hetero) is 1. The third kappa shape index (κ3) is 5.62. The van der Waals surface area contributed by atoms with Crippen LogP contribution in [0.1, 0.15) is 55.1 Å². The van der Waals surface area contributed by atoms with Gasteiger partial charge in [0, 0.05) is 25.5 Å². The fraction of sp³-hybridized carbons (Fsp3) is 0.364. The molecule has 0 heterocycles. The average molecular weight is 389 g/mol. The standard InChI is InChI=1S/C22H25F2NO3/c1-4-13-28-18-8-5-16(6-9-18)21(26)11-12-22(27)25(3)15(2)17-7-10-19(23)20(24)14-17/h5-10,14-15H,4,11-13H2,1-3H3. The van der Waals surface area contributed by atoms with Gasteiger partial charge in [0.2, 0.25) is 5.91 Å². The number of halogens is 2. The lowest BCUT2D eigenvalue weighted by molar-refractivity contribution is -0.131. The third-order valence-corrected chi connectivity index (χ3v) is 4.62. The van der Waals surface area contributed by atoms with Crippen molar-refractivity contribution in [3.8, 4) is 5.75 Å². The van der Waals surface area contributed by atoms with Crippen molar-refractivity contribution in [1.29, 1.82) is 0 Å². The van der Waals surface area contributed by atoms with Gasteiger partial charge in [-0.3, -0.25) is 9.59 Å². The zero-order valence-corrected chi connectivity index (χ0v) is 16.4. The molecule has 0 aromatic heterocycles. The molecule has 6 heteroatoms. The Hall–Kier alpha value is -2.76. The van der Waals surface area contributed by atoms with Crippen LogP contribution in [-0.2, 0) is 4.79 Å². The van der Waals surface area contributed by atoms with Gasteiger partial charge < -0.3 is 9.64 Å². The van der Waals surface area contributed by atoms with Crippen molar-refractivity contribution >= 4 is 11.7 Å². The second-order valence-electron chi connectivity index (χ2n) is 6.65. The molecular formula is C22H25F2NO3. The molecule has 28 heavy (non-hydrogen) atoms. The predicted molar refractivity (Wildman–Crippen MR) is 103 cm³/mol. The predicted octanol–water partition coefficient (Wildman–Crippen LogP) is 4.94. The number of amides is 1. The second kappa shape index (κ2) is 9.97. The maximum atomic E-state index is 13.4. The maximum absolute atomic E-state index is 13.4. The van der Waals surface area contributed by atoms with Crippen LogP contribution in [0.3, 0.4) is 0 Å². The monoisotopic (exact) mass is 389 g/mol. The molecule has 4 nitrogen and oxygen atoms in total. The topological polar surface area (TPSA) is 46.6 Å². The Morgan fingerprint density at radius 2 is 1.71 bits per heavy atom. The van der Waals surface area contributed by atoms with Crippen LogP contribution in [0.15, 0.2) is 42.5 Å². The summed E-state index contributed by atoms with van der Waals surface area (Å²) in [6.45, 7) is 4.35. The molecule has 0 saturated carbocycles. The van der Waals surface area contributed by atoms with Crippen LogP contribution in [0.5, 0.6) is 5.75 Å². The van der Waals surface area contributed by atoms with Gasteiger partial charge >= 0.3 is 0 Å². The molecule has 150 valence electrons. The first kappa shape index (κ1) is 21.5. The molecule has 2 aromatic carbocycles. The van der Waals surface area contributed by atoms with Crippen LogP contribution in [-0.4, -0.2) is 30.2 Å². The number of ether oxygens (including phenoxy) is 1. The third-order valence-electron chi connectivity index (χ3n) is 4.62. The van der Waals surface area contributed by atoms with Crippen molar-refractivity contribution in [3.63, 3.8) is 0 Å². The molecule has 0 aliphatic rings. The quantitative estimate of drug-likeness (QED) is 0.571. The molecule has 0 bridgehead atoms. The van der Waals surface area contributed by atoms with E-state index in [1.54, 1.807) is 38.2 Å². The van der Waals surface area contributed by atoms with Gasteiger partial charge in [0.15, 0.2) is 17.4 Å². The van der Waals surface area contributed by atoms with Crippen LogP contribution in [0.2, 0.25) is 0 Å². The van der Waals surface area contributed by atoms with Crippen LogP contribution in [0.4, 0.5) is 8.78 Å². The number of carbonyl (C=O) groups excluding carboxylic acids is 2. The Morgan fingerprint density at radius 3 is 2.32 bits per heavy atom. The molecule has 0 aliphatic carbocycles. The van der Waals surface area contributed by atoms with Gasteiger partial charge in [0.25, 0.3) is 0 Å². The first-order chi connectivity index (χ1) is 13.3. The lowest BCUT2D eigenvalue weighted by Crippen LogP contribution is -2.30. The minimum atomic E-state index is -0.952. The Balaban J connectivity index is 1.91. The van der Waals surface area contributed by atoms with Gasteiger partial charge in [0.1, 0.15) is 5.75 Å². The van der Waals surface area contributed by atoms with Crippen molar-refractivity contribution in [1.82, 2.24) is 4.90 Å². The van der Waals surface area contributed by atoms with Gasteiger partial charge in [-0.2, -0.15) is 0 Å². The zero-order valence-electron chi connectivity index (χ0n) is 16.4. The molecule has 1 unspecified atom stereocenters. The van der Waals surface area contributed by atoms with Crippen LogP contribution >= 0.6 is 0 Å². The Morgan fingerprint density at radius 1 is 1.04 bits per heavy atom. The summed E-state index contributed by atoms with van der Waals surface area (Å²) < 4.78 is 32.0. The lowest BCUT2D eigenvalue weighted by Gasteiger charge is -2.25. The molecule has 0 radical (unpaired) electrons. The van der Waals surface area contributed by atoms with E-state index in [9.17, 15) is 18.4 Å². The molecule has 1 amide bonds.